The van der Waals surface area contributed by atoms with Gasteiger partial charge in [0.25, 0.3) is 0 Å². The van der Waals surface area contributed by atoms with E-state index >= 15 is 0 Å². The number of nitrogens with two attached hydrogens (primary N) is 1. The lowest BCUT2D eigenvalue weighted by Gasteiger charge is -2.38. The predicted molar refractivity (Wildman–Crippen MR) is 62.3 cm³/mol. The monoisotopic (exact) mass is 198 g/mol. The van der Waals surface area contributed by atoms with Crippen molar-refractivity contribution in [1.82, 2.24) is 5.32 Å². The third-order valence-electron chi connectivity index (χ3n) is 3.51. The van der Waals surface area contributed by atoms with E-state index in [4.69, 9.17) is 5.73 Å². The lowest BCUT2D eigenvalue weighted by molar-refractivity contribution is 0.154. The number of rotatable bonds is 7. The normalized spacial score (nSPS) is 21.6. The van der Waals surface area contributed by atoms with Crippen LogP contribution in [0.5, 0.6) is 0 Å². The molecule has 1 atom stereocenters. The largest absolute Gasteiger partial charge is 0.330 e. The fraction of sp³-hybridized carbons (Fsp3) is 1.00. The van der Waals surface area contributed by atoms with Crippen molar-refractivity contribution in [3.05, 3.63) is 0 Å². The fourth-order valence-electron chi connectivity index (χ4n) is 2.15. The number of hydrogen-bond donors (Lipinski definition) is 2. The van der Waals surface area contributed by atoms with E-state index in [9.17, 15) is 0 Å². The first-order valence-electron chi connectivity index (χ1n) is 6.07. The topological polar surface area (TPSA) is 38.0 Å². The second-order valence-electron chi connectivity index (χ2n) is 5.33. The molecule has 0 heterocycles. The Morgan fingerprint density at radius 1 is 1.43 bits per heavy atom. The molecule has 3 N–H and O–H groups in total. The summed E-state index contributed by atoms with van der Waals surface area (Å²) < 4.78 is 0. The summed E-state index contributed by atoms with van der Waals surface area (Å²) in [4.78, 5) is 0. The molecule has 0 amide bonds. The molecule has 14 heavy (non-hydrogen) atoms. The van der Waals surface area contributed by atoms with Gasteiger partial charge in [0, 0.05) is 6.54 Å². The van der Waals surface area contributed by atoms with E-state index in [0.29, 0.717) is 5.41 Å². The summed E-state index contributed by atoms with van der Waals surface area (Å²) in [5.41, 5.74) is 6.10. The van der Waals surface area contributed by atoms with E-state index in [1.165, 1.54) is 38.6 Å². The molecule has 1 aliphatic rings. The van der Waals surface area contributed by atoms with Crippen LogP contribution in [0, 0.1) is 11.3 Å². The molecule has 0 aliphatic heterocycles. The summed E-state index contributed by atoms with van der Waals surface area (Å²) in [6, 6.07) is 0. The van der Waals surface area contributed by atoms with Crippen molar-refractivity contribution in [1.29, 1.82) is 0 Å². The minimum absolute atomic E-state index is 0.619. The van der Waals surface area contributed by atoms with Crippen molar-refractivity contribution in [2.24, 2.45) is 17.1 Å². The highest BCUT2D eigenvalue weighted by molar-refractivity contribution is 4.85. The van der Waals surface area contributed by atoms with Crippen molar-refractivity contribution in [3.63, 3.8) is 0 Å². The molecule has 0 aromatic heterocycles. The highest BCUT2D eigenvalue weighted by atomic mass is 14.9. The summed E-state index contributed by atoms with van der Waals surface area (Å²) in [5, 5.41) is 3.60. The van der Waals surface area contributed by atoms with Crippen LogP contribution < -0.4 is 11.1 Å². The van der Waals surface area contributed by atoms with Gasteiger partial charge in [-0.15, -0.1) is 0 Å². The number of hydrogen-bond acceptors (Lipinski definition) is 2. The summed E-state index contributed by atoms with van der Waals surface area (Å²) in [5.74, 6) is 0.780. The molecule has 2 heteroatoms. The van der Waals surface area contributed by atoms with Crippen LogP contribution in [-0.2, 0) is 0 Å². The van der Waals surface area contributed by atoms with Crippen LogP contribution in [0.15, 0.2) is 0 Å². The molecule has 2 nitrogen and oxygen atoms in total. The zero-order chi connectivity index (χ0) is 10.4. The van der Waals surface area contributed by atoms with Gasteiger partial charge in [0.2, 0.25) is 0 Å². The molecular weight excluding hydrogens is 172 g/mol. The van der Waals surface area contributed by atoms with Gasteiger partial charge in [-0.25, -0.2) is 0 Å². The first kappa shape index (κ1) is 12.0. The zero-order valence-corrected chi connectivity index (χ0v) is 9.81. The average Bonchev–Trinajstić information content (AvgIpc) is 2.12. The van der Waals surface area contributed by atoms with Crippen LogP contribution in [0.4, 0.5) is 0 Å². The minimum Gasteiger partial charge on any atom is -0.330 e. The molecule has 1 fully saturated rings. The molecule has 0 aromatic rings. The average molecular weight is 198 g/mol. The lowest BCUT2D eigenvalue weighted by atomic mass is 9.70. The summed E-state index contributed by atoms with van der Waals surface area (Å²) >= 11 is 0. The van der Waals surface area contributed by atoms with E-state index in [0.717, 1.165) is 19.0 Å². The molecule has 1 unspecified atom stereocenters. The van der Waals surface area contributed by atoms with Crippen LogP contribution >= 0.6 is 0 Å². The maximum Gasteiger partial charge on any atom is 0.000527 e. The van der Waals surface area contributed by atoms with Gasteiger partial charge in [0.05, 0.1) is 0 Å². The molecule has 0 bridgehead atoms. The van der Waals surface area contributed by atoms with Crippen LogP contribution in [-0.4, -0.2) is 19.6 Å². The second kappa shape index (κ2) is 5.72. The van der Waals surface area contributed by atoms with Crippen molar-refractivity contribution in [2.75, 3.05) is 19.6 Å². The van der Waals surface area contributed by atoms with Crippen molar-refractivity contribution < 1.29 is 0 Å². The van der Waals surface area contributed by atoms with E-state index in [2.05, 4.69) is 19.2 Å². The van der Waals surface area contributed by atoms with Gasteiger partial charge in [-0.2, -0.15) is 0 Å². The molecular formula is C12H26N2. The Morgan fingerprint density at radius 2 is 2.14 bits per heavy atom. The Labute approximate surface area is 88.6 Å². The molecule has 1 rings (SSSR count). The van der Waals surface area contributed by atoms with Crippen LogP contribution in [0.3, 0.4) is 0 Å². The first-order chi connectivity index (χ1) is 6.66. The zero-order valence-electron chi connectivity index (χ0n) is 9.81. The fourth-order valence-corrected chi connectivity index (χ4v) is 2.15. The van der Waals surface area contributed by atoms with Gasteiger partial charge < -0.3 is 11.1 Å². The van der Waals surface area contributed by atoms with Crippen LogP contribution in [0.2, 0.25) is 0 Å². The van der Waals surface area contributed by atoms with Gasteiger partial charge in [0.15, 0.2) is 0 Å². The van der Waals surface area contributed by atoms with Crippen molar-refractivity contribution in [3.8, 4) is 0 Å². The van der Waals surface area contributed by atoms with E-state index in [1.807, 2.05) is 0 Å². The third kappa shape index (κ3) is 3.97. The quantitative estimate of drug-likeness (QED) is 0.658. The smallest absolute Gasteiger partial charge is 0.000527 e. The Morgan fingerprint density at radius 3 is 2.64 bits per heavy atom. The van der Waals surface area contributed by atoms with Crippen LogP contribution in [0.1, 0.15) is 46.0 Å². The second-order valence-corrected chi connectivity index (χ2v) is 5.33. The van der Waals surface area contributed by atoms with Crippen LogP contribution in [0.25, 0.3) is 0 Å². The van der Waals surface area contributed by atoms with Crippen molar-refractivity contribution in [2.45, 2.75) is 46.0 Å². The molecule has 0 aromatic carbocycles. The lowest BCUT2D eigenvalue weighted by Crippen LogP contribution is -2.38. The molecule has 0 radical (unpaired) electrons. The van der Waals surface area contributed by atoms with Gasteiger partial charge >= 0.3 is 0 Å². The molecule has 1 saturated carbocycles. The molecule has 1 aliphatic carbocycles. The number of nitrogens with one attached hydrogen (secondary N) is 1. The SMILES string of the molecule is CC(CCCN)CNCC1(C)CCC1. The Balaban J connectivity index is 1.97. The Kier molecular flexibility index (Phi) is 4.90. The Bertz CT molecular complexity index is 152. The van der Waals surface area contributed by atoms with E-state index in [-0.39, 0.29) is 0 Å². The van der Waals surface area contributed by atoms with Crippen molar-refractivity contribution >= 4 is 0 Å². The first-order valence-corrected chi connectivity index (χ1v) is 6.07. The molecule has 84 valence electrons. The standard InChI is InChI=1S/C12H26N2/c1-11(5-3-8-13)9-14-10-12(2)6-4-7-12/h11,14H,3-10,13H2,1-2H3. The van der Waals surface area contributed by atoms with Gasteiger partial charge in [-0.3, -0.25) is 0 Å². The highest BCUT2D eigenvalue weighted by Crippen LogP contribution is 2.39. The third-order valence-corrected chi connectivity index (χ3v) is 3.51. The Hall–Kier alpha value is -0.0800. The molecule has 0 spiro atoms. The maximum absolute atomic E-state index is 5.48. The summed E-state index contributed by atoms with van der Waals surface area (Å²) in [6.45, 7) is 7.91. The van der Waals surface area contributed by atoms with E-state index in [1.54, 1.807) is 0 Å². The minimum atomic E-state index is 0.619. The highest BCUT2D eigenvalue weighted by Gasteiger charge is 2.30. The summed E-state index contributed by atoms with van der Waals surface area (Å²) in [6.07, 6.45) is 6.69. The summed E-state index contributed by atoms with van der Waals surface area (Å²) in [7, 11) is 0. The van der Waals surface area contributed by atoms with Gasteiger partial charge in [0.1, 0.15) is 0 Å². The maximum atomic E-state index is 5.48. The van der Waals surface area contributed by atoms with Gasteiger partial charge in [-0.05, 0) is 50.1 Å². The molecule has 0 saturated heterocycles. The predicted octanol–water partition coefficient (Wildman–Crippen LogP) is 2.14. The van der Waals surface area contributed by atoms with E-state index < -0.39 is 0 Å². The van der Waals surface area contributed by atoms with Gasteiger partial charge in [-0.1, -0.05) is 20.3 Å².